The molecule has 0 bridgehead atoms. The van der Waals surface area contributed by atoms with E-state index >= 15 is 0 Å². The van der Waals surface area contributed by atoms with Crippen molar-refractivity contribution in [1.82, 2.24) is 4.57 Å². The van der Waals surface area contributed by atoms with Gasteiger partial charge in [0, 0.05) is 11.6 Å². The Morgan fingerprint density at radius 1 is 1.19 bits per heavy atom. The van der Waals surface area contributed by atoms with Crippen molar-refractivity contribution in [2.75, 3.05) is 0 Å². The topological polar surface area (TPSA) is 51.5 Å². The fraction of sp³-hybridized carbons (Fsp3) is 0.438. The molecule has 21 heavy (non-hydrogen) atoms. The lowest BCUT2D eigenvalue weighted by Crippen LogP contribution is -2.27. The van der Waals surface area contributed by atoms with Crippen molar-refractivity contribution in [3.8, 4) is 0 Å². The van der Waals surface area contributed by atoms with Crippen LogP contribution in [0.15, 0.2) is 30.5 Å². The average molecular weight is 303 g/mol. The fourth-order valence-electron chi connectivity index (χ4n) is 2.02. The number of aromatic nitrogens is 1. The first kappa shape index (κ1) is 15.8. The molecule has 1 N–H and O–H groups in total. The van der Waals surface area contributed by atoms with Gasteiger partial charge in [0.05, 0.1) is 11.1 Å². The maximum absolute atomic E-state index is 11.1. The summed E-state index contributed by atoms with van der Waals surface area (Å²) in [6, 6.07) is 7.59. The summed E-state index contributed by atoms with van der Waals surface area (Å²) in [4.78, 5) is 11.1. The molecule has 1 aromatic heterocycles. The smallest absolute Gasteiger partial charge is 0.415 e. The Balaban J connectivity index is 2.32. The Labute approximate surface area is 127 Å². The third-order valence-corrected chi connectivity index (χ3v) is 4.43. The second-order valence-corrected chi connectivity index (χ2v) is 8.61. The zero-order chi connectivity index (χ0) is 15.8. The molecule has 0 aliphatic rings. The number of rotatable bonds is 3. The molecule has 0 unspecified atom stereocenters. The number of carboxylic acid groups (broad SMARTS) is 1. The highest BCUT2D eigenvalue weighted by Gasteiger charge is 2.25. The maximum atomic E-state index is 11.1. The predicted molar refractivity (Wildman–Crippen MR) is 84.9 cm³/mol. The van der Waals surface area contributed by atoms with Crippen LogP contribution in [0.1, 0.15) is 40.2 Å². The van der Waals surface area contributed by atoms with Gasteiger partial charge < -0.3 is 9.53 Å². The molecule has 5 heteroatoms. The molecule has 0 atom stereocenters. The van der Waals surface area contributed by atoms with Crippen LogP contribution in [0.5, 0.6) is 0 Å². The van der Waals surface area contributed by atoms with Crippen molar-refractivity contribution in [1.29, 1.82) is 0 Å². The second kappa shape index (κ2) is 5.31. The van der Waals surface area contributed by atoms with Gasteiger partial charge in [-0.15, -0.1) is 0 Å². The van der Waals surface area contributed by atoms with Gasteiger partial charge in [-0.3, -0.25) is 4.57 Å². The van der Waals surface area contributed by atoms with Gasteiger partial charge in [0.1, 0.15) is 0 Å². The number of hydrogen-bond donors (Lipinski definition) is 1. The zero-order valence-electron chi connectivity index (χ0n) is 13.1. The predicted octanol–water partition coefficient (Wildman–Crippen LogP) is 4.26. The van der Waals surface area contributed by atoms with E-state index in [1.165, 1.54) is 4.57 Å². The van der Waals surface area contributed by atoms with E-state index in [9.17, 15) is 4.79 Å². The van der Waals surface area contributed by atoms with E-state index in [0.717, 1.165) is 10.9 Å². The second-order valence-electron chi connectivity index (χ2n) is 6.71. The summed E-state index contributed by atoms with van der Waals surface area (Å²) in [7, 11) is 0.397. The number of benzene rings is 1. The highest BCUT2D eigenvalue weighted by atomic mass is 28.2. The van der Waals surface area contributed by atoms with Gasteiger partial charge >= 0.3 is 6.09 Å². The molecule has 1 heterocycles. The molecule has 0 spiro atoms. The van der Waals surface area contributed by atoms with Gasteiger partial charge in [-0.25, -0.2) is 4.79 Å². The van der Waals surface area contributed by atoms with Crippen LogP contribution in [0.4, 0.5) is 4.79 Å². The number of hydrogen-bond acceptors (Lipinski definition) is 2. The minimum absolute atomic E-state index is 0.133. The summed E-state index contributed by atoms with van der Waals surface area (Å²) in [5, 5.41) is 10.2. The summed E-state index contributed by atoms with van der Waals surface area (Å²) >= 11 is 0. The summed E-state index contributed by atoms with van der Waals surface area (Å²) in [5.74, 6) is 0. The van der Waals surface area contributed by atoms with Crippen LogP contribution in [0.25, 0.3) is 10.9 Å². The van der Waals surface area contributed by atoms with Crippen LogP contribution >= 0.6 is 0 Å². The van der Waals surface area contributed by atoms with E-state index in [4.69, 9.17) is 9.53 Å². The number of fused-ring (bicyclic) bond motifs is 1. The first-order valence-electron chi connectivity index (χ1n) is 6.90. The van der Waals surface area contributed by atoms with Crippen molar-refractivity contribution in [3.63, 3.8) is 0 Å². The zero-order valence-corrected chi connectivity index (χ0v) is 14.1. The quantitative estimate of drug-likeness (QED) is 0.862. The van der Waals surface area contributed by atoms with Crippen LogP contribution in [0, 0.1) is 0 Å². The third kappa shape index (κ3) is 3.54. The molecule has 112 valence electrons. The lowest BCUT2D eigenvalue weighted by Gasteiger charge is -2.29. The van der Waals surface area contributed by atoms with Gasteiger partial charge in [0.15, 0.2) is 0 Å². The van der Waals surface area contributed by atoms with Crippen LogP contribution < -0.4 is 0 Å². The molecule has 0 amide bonds. The van der Waals surface area contributed by atoms with Gasteiger partial charge in [0.25, 0.3) is 0 Å². The lowest BCUT2D eigenvalue weighted by atomic mass is 9.97. The monoisotopic (exact) mass is 303 g/mol. The highest BCUT2D eigenvalue weighted by molar-refractivity contribution is 6.31. The molecular formula is C16H21NO3Si. The van der Waals surface area contributed by atoms with E-state index in [1.54, 1.807) is 6.20 Å². The Kier molecular flexibility index (Phi) is 3.99. The van der Waals surface area contributed by atoms with E-state index in [0.29, 0.717) is 15.3 Å². The molecule has 2 rings (SSSR count). The van der Waals surface area contributed by atoms with E-state index < -0.39 is 11.7 Å². The molecular weight excluding hydrogens is 282 g/mol. The summed E-state index contributed by atoms with van der Waals surface area (Å²) in [6.07, 6.45) is 0.601. The SMILES string of the molecule is CC(C)(C)[Si]OC(C)(C)c1ccc2c(ccn2C(=O)O)c1. The molecule has 0 saturated heterocycles. The molecule has 0 saturated carbocycles. The molecule has 0 aliphatic carbocycles. The Bertz CT molecular complexity index is 668. The standard InChI is InChI=1S/C16H21NO3Si/c1-15(2,3)21-20-16(4,5)12-6-7-13-11(10-12)8-9-17(13)14(18)19/h6-10H,1-5H3,(H,18,19). The summed E-state index contributed by atoms with van der Waals surface area (Å²) in [6.45, 7) is 10.5. The van der Waals surface area contributed by atoms with Crippen molar-refractivity contribution in [2.24, 2.45) is 0 Å². The average Bonchev–Trinajstić information content (AvgIpc) is 2.78. The van der Waals surface area contributed by atoms with E-state index in [1.807, 2.05) is 38.1 Å². The Hall–Kier alpha value is -1.59. The third-order valence-electron chi connectivity index (χ3n) is 3.20. The van der Waals surface area contributed by atoms with Gasteiger partial charge in [-0.05, 0) is 42.6 Å². The number of carbonyl (C=O) groups is 1. The van der Waals surface area contributed by atoms with Gasteiger partial charge in [-0.2, -0.15) is 0 Å². The van der Waals surface area contributed by atoms with E-state index in [2.05, 4.69) is 20.8 Å². The number of nitrogens with zero attached hydrogens (tertiary/aromatic N) is 1. The molecule has 0 fully saturated rings. The molecule has 4 nitrogen and oxygen atoms in total. The Morgan fingerprint density at radius 3 is 2.43 bits per heavy atom. The van der Waals surface area contributed by atoms with E-state index in [-0.39, 0.29) is 5.04 Å². The minimum atomic E-state index is -0.970. The largest absolute Gasteiger partial charge is 0.464 e. The highest BCUT2D eigenvalue weighted by Crippen LogP contribution is 2.31. The van der Waals surface area contributed by atoms with Crippen LogP contribution in [0.3, 0.4) is 0 Å². The molecule has 0 aliphatic heterocycles. The lowest BCUT2D eigenvalue weighted by molar-refractivity contribution is 0.109. The Morgan fingerprint density at radius 2 is 1.86 bits per heavy atom. The van der Waals surface area contributed by atoms with Gasteiger partial charge in [0.2, 0.25) is 9.76 Å². The van der Waals surface area contributed by atoms with Crippen molar-refractivity contribution in [2.45, 2.75) is 45.3 Å². The van der Waals surface area contributed by atoms with Crippen LogP contribution in [0.2, 0.25) is 5.04 Å². The minimum Gasteiger partial charge on any atom is -0.464 e. The molecule has 2 aromatic rings. The van der Waals surface area contributed by atoms with Crippen molar-refractivity contribution in [3.05, 3.63) is 36.0 Å². The van der Waals surface area contributed by atoms with Gasteiger partial charge in [-0.1, -0.05) is 26.8 Å². The maximum Gasteiger partial charge on any atom is 0.415 e. The first-order chi connectivity index (χ1) is 9.60. The molecule has 2 radical (unpaired) electrons. The molecule has 1 aromatic carbocycles. The van der Waals surface area contributed by atoms with Crippen LogP contribution in [-0.2, 0) is 10.0 Å². The summed E-state index contributed by atoms with van der Waals surface area (Å²) < 4.78 is 7.31. The summed E-state index contributed by atoms with van der Waals surface area (Å²) in [5.41, 5.74) is 1.35. The van der Waals surface area contributed by atoms with Crippen molar-refractivity contribution < 1.29 is 14.3 Å². The normalized spacial score (nSPS) is 12.8. The van der Waals surface area contributed by atoms with Crippen LogP contribution in [-0.4, -0.2) is 25.5 Å². The van der Waals surface area contributed by atoms with Crippen molar-refractivity contribution >= 4 is 26.8 Å². The first-order valence-corrected chi connectivity index (χ1v) is 7.81. The fourth-order valence-corrected chi connectivity index (χ4v) is 2.70.